The lowest BCUT2D eigenvalue weighted by Crippen LogP contribution is -2.24. The van der Waals surface area contributed by atoms with E-state index in [1.165, 1.54) is 12.5 Å². The van der Waals surface area contributed by atoms with E-state index in [1.54, 1.807) is 0 Å². The summed E-state index contributed by atoms with van der Waals surface area (Å²) in [4.78, 5) is 11.3. The van der Waals surface area contributed by atoms with Crippen LogP contribution >= 0.6 is 0 Å². The number of nitrogens with zero attached hydrogens (tertiary/aromatic N) is 4. The van der Waals surface area contributed by atoms with Crippen LogP contribution in [0.4, 0.5) is 13.2 Å². The van der Waals surface area contributed by atoms with E-state index >= 15 is 0 Å². The smallest absolute Gasteiger partial charge is 0.325 e. The highest BCUT2D eigenvalue weighted by Crippen LogP contribution is 2.30. The number of halogens is 3. The second kappa shape index (κ2) is 3.18. The fourth-order valence-electron chi connectivity index (χ4n) is 1.14. The minimum absolute atomic E-state index is 0.348. The van der Waals surface area contributed by atoms with Gasteiger partial charge in [-0.25, -0.2) is 15.0 Å². The molecule has 1 unspecified atom stereocenters. The molecule has 0 bridgehead atoms. The van der Waals surface area contributed by atoms with Gasteiger partial charge in [0.15, 0.2) is 5.82 Å². The van der Waals surface area contributed by atoms with E-state index in [4.69, 9.17) is 0 Å². The maximum atomic E-state index is 12.4. The molecule has 2 rings (SSSR count). The summed E-state index contributed by atoms with van der Waals surface area (Å²) in [5.74, 6) is 0.348. The fourth-order valence-corrected chi connectivity index (χ4v) is 1.14. The number of aromatic nitrogens is 4. The van der Waals surface area contributed by atoms with Crippen molar-refractivity contribution in [3.63, 3.8) is 0 Å². The normalized spacial score (nSPS) is 14.4. The van der Waals surface area contributed by atoms with Gasteiger partial charge in [0.2, 0.25) is 0 Å². The van der Waals surface area contributed by atoms with Gasteiger partial charge in [-0.1, -0.05) is 0 Å². The molecular formula is C8H7F3N4. The van der Waals surface area contributed by atoms with Gasteiger partial charge in [0.1, 0.15) is 18.1 Å². The molecule has 0 amide bonds. The van der Waals surface area contributed by atoms with Crippen LogP contribution in [0.15, 0.2) is 18.9 Å². The Labute approximate surface area is 83.1 Å². The van der Waals surface area contributed by atoms with Crippen LogP contribution in [0.1, 0.15) is 13.0 Å². The summed E-state index contributed by atoms with van der Waals surface area (Å²) in [6, 6.07) is -1.62. The predicted octanol–water partition coefficient (Wildman–Crippen LogP) is 1.90. The topological polar surface area (TPSA) is 43.6 Å². The van der Waals surface area contributed by atoms with Gasteiger partial charge < -0.3 is 4.57 Å². The highest BCUT2D eigenvalue weighted by Gasteiger charge is 2.37. The number of alkyl halides is 3. The monoisotopic (exact) mass is 216 g/mol. The Bertz CT molecular complexity index is 436. The van der Waals surface area contributed by atoms with Crippen LogP contribution < -0.4 is 0 Å². The average Bonchev–Trinajstić information content (AvgIpc) is 2.61. The predicted molar refractivity (Wildman–Crippen MR) is 45.2 cm³/mol. The van der Waals surface area contributed by atoms with E-state index in [0.717, 1.165) is 17.8 Å². The van der Waals surface area contributed by atoms with Gasteiger partial charge in [0.05, 0.1) is 6.33 Å². The number of imidazole rings is 1. The molecule has 0 saturated carbocycles. The maximum Gasteiger partial charge on any atom is 0.408 e. The molecule has 0 saturated heterocycles. The zero-order valence-electron chi connectivity index (χ0n) is 7.73. The van der Waals surface area contributed by atoms with Crippen LogP contribution in [-0.4, -0.2) is 25.7 Å². The van der Waals surface area contributed by atoms with Crippen molar-refractivity contribution in [3.05, 3.63) is 18.9 Å². The zero-order valence-corrected chi connectivity index (χ0v) is 7.73. The second-order valence-electron chi connectivity index (χ2n) is 3.12. The van der Waals surface area contributed by atoms with E-state index in [9.17, 15) is 13.2 Å². The molecule has 7 heteroatoms. The Balaban J connectivity index is 2.41. The maximum absolute atomic E-state index is 12.4. The SMILES string of the molecule is CC(n1cnc2ncnc-2c1)C(F)(F)F. The van der Waals surface area contributed by atoms with Crippen LogP contribution in [0.25, 0.3) is 11.5 Å². The van der Waals surface area contributed by atoms with E-state index in [1.807, 2.05) is 0 Å². The Kier molecular flexibility index (Phi) is 2.09. The number of rotatable bonds is 1. The summed E-state index contributed by atoms with van der Waals surface area (Å²) in [5, 5.41) is 0. The third-order valence-corrected chi connectivity index (χ3v) is 2.11. The van der Waals surface area contributed by atoms with Gasteiger partial charge in [-0.3, -0.25) is 0 Å². The first-order valence-electron chi connectivity index (χ1n) is 4.19. The van der Waals surface area contributed by atoms with Crippen molar-refractivity contribution in [2.45, 2.75) is 19.1 Å². The fraction of sp³-hybridized carbons (Fsp3) is 0.375. The third-order valence-electron chi connectivity index (χ3n) is 2.11. The standard InChI is InChI=1S/C8H7F3N4/c1-5(8(9,10)11)15-2-6-7(14-4-15)13-3-12-6/h2-5H,1H3. The molecule has 4 nitrogen and oxygen atoms in total. The zero-order chi connectivity index (χ0) is 11.1. The van der Waals surface area contributed by atoms with Crippen LogP contribution in [-0.2, 0) is 0 Å². The summed E-state index contributed by atoms with van der Waals surface area (Å²) in [6.45, 7) is 1.06. The van der Waals surface area contributed by atoms with Crippen LogP contribution in [0.3, 0.4) is 0 Å². The van der Waals surface area contributed by atoms with Crippen molar-refractivity contribution in [3.8, 4) is 11.5 Å². The van der Waals surface area contributed by atoms with Gasteiger partial charge in [-0.15, -0.1) is 0 Å². The van der Waals surface area contributed by atoms with Crippen molar-refractivity contribution in [2.24, 2.45) is 0 Å². The molecule has 0 aromatic heterocycles. The molecular weight excluding hydrogens is 209 g/mol. The van der Waals surface area contributed by atoms with E-state index in [0.29, 0.717) is 11.5 Å². The highest BCUT2D eigenvalue weighted by atomic mass is 19.4. The highest BCUT2D eigenvalue weighted by molar-refractivity contribution is 5.47. The van der Waals surface area contributed by atoms with Gasteiger partial charge in [-0.05, 0) is 6.92 Å². The quantitative estimate of drug-likeness (QED) is 0.731. The van der Waals surface area contributed by atoms with Crippen LogP contribution in [0.2, 0.25) is 0 Å². The molecule has 0 radical (unpaired) electrons. The largest absolute Gasteiger partial charge is 0.408 e. The Morgan fingerprint density at radius 2 is 2.00 bits per heavy atom. The summed E-state index contributed by atoms with van der Waals surface area (Å²) in [5.41, 5.74) is 0.355. The molecule has 0 aromatic rings. The number of hydrogen-bond donors (Lipinski definition) is 0. The van der Waals surface area contributed by atoms with Crippen molar-refractivity contribution in [1.29, 1.82) is 0 Å². The molecule has 15 heavy (non-hydrogen) atoms. The molecule has 0 N–H and O–H groups in total. The molecule has 0 fully saturated rings. The van der Waals surface area contributed by atoms with Gasteiger partial charge in [0, 0.05) is 6.20 Å². The van der Waals surface area contributed by atoms with Crippen molar-refractivity contribution in [1.82, 2.24) is 19.5 Å². The number of fused-ring (bicyclic) bond motifs is 1. The molecule has 2 aliphatic rings. The van der Waals surface area contributed by atoms with Crippen LogP contribution in [0, 0.1) is 0 Å². The summed E-state index contributed by atoms with van der Waals surface area (Å²) < 4.78 is 38.1. The van der Waals surface area contributed by atoms with Gasteiger partial charge in [-0.2, -0.15) is 13.2 Å². The summed E-state index contributed by atoms with van der Waals surface area (Å²) in [6.07, 6.45) is -0.636. The molecule has 2 heterocycles. The van der Waals surface area contributed by atoms with Crippen molar-refractivity contribution in [2.75, 3.05) is 0 Å². The Hall–Kier alpha value is -1.66. The van der Waals surface area contributed by atoms with Crippen LogP contribution in [0.5, 0.6) is 0 Å². The first-order valence-corrected chi connectivity index (χ1v) is 4.19. The second-order valence-corrected chi connectivity index (χ2v) is 3.12. The molecule has 0 spiro atoms. The van der Waals surface area contributed by atoms with Gasteiger partial charge >= 0.3 is 6.18 Å². The average molecular weight is 216 g/mol. The lowest BCUT2D eigenvalue weighted by molar-refractivity contribution is -0.163. The van der Waals surface area contributed by atoms with Crippen molar-refractivity contribution >= 4 is 0 Å². The molecule has 2 aliphatic heterocycles. The minimum Gasteiger partial charge on any atom is -0.325 e. The molecule has 0 aromatic carbocycles. The molecule has 80 valence electrons. The van der Waals surface area contributed by atoms with E-state index in [-0.39, 0.29) is 0 Å². The third kappa shape index (κ3) is 1.77. The lowest BCUT2D eigenvalue weighted by atomic mass is 10.3. The van der Waals surface area contributed by atoms with Gasteiger partial charge in [0.25, 0.3) is 0 Å². The minimum atomic E-state index is -4.29. The Morgan fingerprint density at radius 1 is 1.27 bits per heavy atom. The molecule has 1 atom stereocenters. The van der Waals surface area contributed by atoms with Crippen molar-refractivity contribution < 1.29 is 13.2 Å². The Morgan fingerprint density at radius 3 is 2.67 bits per heavy atom. The first kappa shape index (κ1) is 9.88. The van der Waals surface area contributed by atoms with E-state index < -0.39 is 12.2 Å². The lowest BCUT2D eigenvalue weighted by Gasteiger charge is -2.18. The first-order chi connectivity index (χ1) is 6.98. The number of hydrogen-bond acceptors (Lipinski definition) is 3. The molecule has 0 aliphatic carbocycles. The summed E-state index contributed by atoms with van der Waals surface area (Å²) in [7, 11) is 0. The summed E-state index contributed by atoms with van der Waals surface area (Å²) >= 11 is 0. The van der Waals surface area contributed by atoms with E-state index in [2.05, 4.69) is 15.0 Å².